The molecule has 6 nitrogen and oxygen atoms in total. The van der Waals surface area contributed by atoms with E-state index >= 15 is 0 Å². The molecule has 2 aromatic rings. The maximum atomic E-state index is 12.6. The third-order valence-electron chi connectivity index (χ3n) is 3.38. The number of carbonyl (C=O) groups is 1. The Kier molecular flexibility index (Phi) is 5.57. The maximum absolute atomic E-state index is 12.6. The van der Waals surface area contributed by atoms with Gasteiger partial charge in [0, 0.05) is 18.7 Å². The highest BCUT2D eigenvalue weighted by atomic mass is 32.2. The highest BCUT2D eigenvalue weighted by Gasteiger charge is 2.22. The molecule has 0 atom stereocenters. The molecule has 0 fully saturated rings. The predicted molar refractivity (Wildman–Crippen MR) is 85.2 cm³/mol. The van der Waals surface area contributed by atoms with Crippen molar-refractivity contribution < 1.29 is 22.4 Å². The molecular weight excluding hydrogens is 318 g/mol. The number of rotatable bonds is 7. The molecule has 1 aromatic heterocycles. The SMILES string of the molecule is CCN(Cc1ccoc1)S(=O)(=O)Cc1cccc(C(=O)OC)c1. The van der Waals surface area contributed by atoms with Crippen LogP contribution in [0.25, 0.3) is 0 Å². The minimum atomic E-state index is -3.51. The molecule has 0 saturated heterocycles. The van der Waals surface area contributed by atoms with Gasteiger partial charge >= 0.3 is 5.97 Å². The summed E-state index contributed by atoms with van der Waals surface area (Å²) < 4.78 is 36.2. The molecule has 0 aliphatic heterocycles. The van der Waals surface area contributed by atoms with E-state index in [0.29, 0.717) is 17.7 Å². The van der Waals surface area contributed by atoms with Crippen LogP contribution in [0.15, 0.2) is 47.3 Å². The molecule has 0 spiro atoms. The Labute approximate surface area is 135 Å². The summed E-state index contributed by atoms with van der Waals surface area (Å²) in [7, 11) is -2.22. The third kappa shape index (κ3) is 4.43. The minimum Gasteiger partial charge on any atom is -0.472 e. The average molecular weight is 337 g/mol. The summed E-state index contributed by atoms with van der Waals surface area (Å²) in [5.41, 5.74) is 1.66. The van der Waals surface area contributed by atoms with Gasteiger partial charge in [0.15, 0.2) is 0 Å². The molecule has 0 aliphatic rings. The van der Waals surface area contributed by atoms with Gasteiger partial charge in [-0.15, -0.1) is 0 Å². The fourth-order valence-electron chi connectivity index (χ4n) is 2.20. The van der Waals surface area contributed by atoms with E-state index in [4.69, 9.17) is 4.42 Å². The number of esters is 1. The van der Waals surface area contributed by atoms with Crippen molar-refractivity contribution in [3.8, 4) is 0 Å². The molecule has 124 valence electrons. The molecule has 0 radical (unpaired) electrons. The zero-order chi connectivity index (χ0) is 16.9. The summed E-state index contributed by atoms with van der Waals surface area (Å²) in [5.74, 6) is -0.668. The fourth-order valence-corrected chi connectivity index (χ4v) is 3.72. The number of carbonyl (C=O) groups excluding carboxylic acids is 1. The molecule has 0 aliphatic carbocycles. The number of ether oxygens (including phenoxy) is 1. The van der Waals surface area contributed by atoms with Gasteiger partial charge in [-0.05, 0) is 23.8 Å². The van der Waals surface area contributed by atoms with Crippen molar-refractivity contribution >= 4 is 16.0 Å². The van der Waals surface area contributed by atoms with Crippen LogP contribution >= 0.6 is 0 Å². The molecular formula is C16H19NO5S. The summed E-state index contributed by atoms with van der Waals surface area (Å²) >= 11 is 0. The first-order valence-electron chi connectivity index (χ1n) is 7.12. The lowest BCUT2D eigenvalue weighted by atomic mass is 10.1. The van der Waals surface area contributed by atoms with Crippen LogP contribution in [-0.4, -0.2) is 32.3 Å². The second-order valence-corrected chi connectivity index (χ2v) is 6.97. The normalized spacial score (nSPS) is 11.6. The standard InChI is InChI=1S/C16H19NO5S/c1-3-17(10-14-7-8-22-11-14)23(19,20)12-13-5-4-6-15(9-13)16(18)21-2/h4-9,11H,3,10,12H2,1-2H3. The zero-order valence-electron chi connectivity index (χ0n) is 13.1. The lowest BCUT2D eigenvalue weighted by Crippen LogP contribution is -2.31. The van der Waals surface area contributed by atoms with Crippen molar-refractivity contribution in [2.75, 3.05) is 13.7 Å². The van der Waals surface area contributed by atoms with Gasteiger partial charge in [-0.25, -0.2) is 13.2 Å². The van der Waals surface area contributed by atoms with E-state index in [-0.39, 0.29) is 12.3 Å². The highest BCUT2D eigenvalue weighted by Crippen LogP contribution is 2.16. The number of benzene rings is 1. The molecule has 1 heterocycles. The van der Waals surface area contributed by atoms with E-state index in [1.807, 2.05) is 0 Å². The van der Waals surface area contributed by atoms with Crippen molar-refractivity contribution in [1.29, 1.82) is 0 Å². The first kappa shape index (κ1) is 17.2. The molecule has 0 unspecified atom stereocenters. The second kappa shape index (κ2) is 7.43. The van der Waals surface area contributed by atoms with E-state index in [1.165, 1.54) is 30.0 Å². The van der Waals surface area contributed by atoms with Crippen LogP contribution in [0.4, 0.5) is 0 Å². The van der Waals surface area contributed by atoms with Crippen LogP contribution in [0.3, 0.4) is 0 Å². The Bertz CT molecular complexity index is 753. The number of nitrogens with zero attached hydrogens (tertiary/aromatic N) is 1. The van der Waals surface area contributed by atoms with Crippen LogP contribution in [0.2, 0.25) is 0 Å². The quantitative estimate of drug-likeness (QED) is 0.725. The van der Waals surface area contributed by atoms with Crippen molar-refractivity contribution in [2.24, 2.45) is 0 Å². The second-order valence-electron chi connectivity index (χ2n) is 5.01. The topological polar surface area (TPSA) is 76.8 Å². The van der Waals surface area contributed by atoms with E-state index in [2.05, 4.69) is 4.74 Å². The van der Waals surface area contributed by atoms with Gasteiger partial charge in [0.2, 0.25) is 10.0 Å². The van der Waals surface area contributed by atoms with Gasteiger partial charge in [0.05, 0.1) is 31.0 Å². The predicted octanol–water partition coefficient (Wildman–Crippen LogP) is 2.42. The van der Waals surface area contributed by atoms with Gasteiger partial charge in [-0.2, -0.15) is 4.31 Å². The largest absolute Gasteiger partial charge is 0.472 e. The summed E-state index contributed by atoms with van der Waals surface area (Å²) in [5, 5.41) is 0. The first-order chi connectivity index (χ1) is 11.0. The van der Waals surface area contributed by atoms with Gasteiger partial charge in [-0.1, -0.05) is 19.1 Å². The van der Waals surface area contributed by atoms with Crippen LogP contribution in [0.5, 0.6) is 0 Å². The van der Waals surface area contributed by atoms with Gasteiger partial charge in [0.1, 0.15) is 0 Å². The molecule has 2 rings (SSSR count). The number of furan rings is 1. The summed E-state index contributed by atoms with van der Waals surface area (Å²) in [6.45, 7) is 2.39. The van der Waals surface area contributed by atoms with Crippen molar-refractivity contribution in [3.63, 3.8) is 0 Å². The number of sulfonamides is 1. The van der Waals surface area contributed by atoms with Gasteiger partial charge < -0.3 is 9.15 Å². The summed E-state index contributed by atoms with van der Waals surface area (Å²) in [6.07, 6.45) is 3.03. The lowest BCUT2D eigenvalue weighted by molar-refractivity contribution is 0.0600. The van der Waals surface area contributed by atoms with Crippen molar-refractivity contribution in [2.45, 2.75) is 19.2 Å². The molecule has 0 N–H and O–H groups in total. The highest BCUT2D eigenvalue weighted by molar-refractivity contribution is 7.88. The van der Waals surface area contributed by atoms with E-state index in [1.54, 1.807) is 31.2 Å². The monoisotopic (exact) mass is 337 g/mol. The van der Waals surface area contributed by atoms with E-state index < -0.39 is 16.0 Å². The van der Waals surface area contributed by atoms with E-state index in [9.17, 15) is 13.2 Å². The van der Waals surface area contributed by atoms with Gasteiger partial charge in [0.25, 0.3) is 0 Å². The van der Waals surface area contributed by atoms with E-state index in [0.717, 1.165) is 5.56 Å². The molecule has 1 aromatic carbocycles. The maximum Gasteiger partial charge on any atom is 0.337 e. The number of methoxy groups -OCH3 is 1. The Balaban J connectivity index is 2.17. The van der Waals surface area contributed by atoms with Crippen LogP contribution in [-0.2, 0) is 27.1 Å². The Hall–Kier alpha value is -2.12. The molecule has 0 saturated carbocycles. The lowest BCUT2D eigenvalue weighted by Gasteiger charge is -2.20. The van der Waals surface area contributed by atoms with Gasteiger partial charge in [-0.3, -0.25) is 0 Å². The molecule has 23 heavy (non-hydrogen) atoms. The number of hydrogen-bond acceptors (Lipinski definition) is 5. The minimum absolute atomic E-state index is 0.177. The zero-order valence-corrected chi connectivity index (χ0v) is 13.9. The van der Waals surface area contributed by atoms with Crippen molar-refractivity contribution in [1.82, 2.24) is 4.31 Å². The first-order valence-corrected chi connectivity index (χ1v) is 8.73. The Morgan fingerprint density at radius 3 is 2.65 bits per heavy atom. The molecule has 0 bridgehead atoms. The number of hydrogen-bond donors (Lipinski definition) is 0. The third-order valence-corrected chi connectivity index (χ3v) is 5.25. The smallest absolute Gasteiger partial charge is 0.337 e. The fraction of sp³-hybridized carbons (Fsp3) is 0.312. The van der Waals surface area contributed by atoms with Crippen LogP contribution in [0.1, 0.15) is 28.4 Å². The molecule has 7 heteroatoms. The summed E-state index contributed by atoms with van der Waals surface area (Å²) in [4.78, 5) is 11.5. The van der Waals surface area contributed by atoms with Crippen molar-refractivity contribution in [3.05, 3.63) is 59.5 Å². The molecule has 0 amide bonds. The van der Waals surface area contributed by atoms with Crippen LogP contribution in [0, 0.1) is 0 Å². The average Bonchev–Trinajstić information content (AvgIpc) is 3.04. The van der Waals surface area contributed by atoms with Crippen LogP contribution < -0.4 is 0 Å². The Morgan fingerprint density at radius 2 is 2.04 bits per heavy atom. The Morgan fingerprint density at radius 1 is 1.26 bits per heavy atom. The summed E-state index contributed by atoms with van der Waals surface area (Å²) in [6, 6.07) is 8.18.